The summed E-state index contributed by atoms with van der Waals surface area (Å²) < 4.78 is 3.78. The Morgan fingerprint density at radius 3 is 2.69 bits per heavy atom. The number of aryl methyl sites for hydroxylation is 2. The van der Waals surface area contributed by atoms with E-state index in [9.17, 15) is 4.79 Å². The number of nitrogens with zero attached hydrogens (tertiary/aromatic N) is 5. The van der Waals surface area contributed by atoms with Gasteiger partial charge in [0.25, 0.3) is 0 Å². The van der Waals surface area contributed by atoms with Crippen LogP contribution in [0.1, 0.15) is 22.5 Å². The third-order valence-corrected chi connectivity index (χ3v) is 5.21. The van der Waals surface area contributed by atoms with Crippen molar-refractivity contribution < 1.29 is 4.79 Å². The van der Waals surface area contributed by atoms with Gasteiger partial charge in [-0.1, -0.05) is 42.1 Å². The lowest BCUT2D eigenvalue weighted by atomic mass is 10.2. The molecule has 7 nitrogen and oxygen atoms in total. The van der Waals surface area contributed by atoms with Crippen LogP contribution in [0.15, 0.2) is 41.8 Å². The molecule has 2 heterocycles. The molecule has 1 amide bonds. The van der Waals surface area contributed by atoms with E-state index in [2.05, 4.69) is 32.7 Å². The number of aromatic nitrogens is 5. The first-order valence-corrected chi connectivity index (χ1v) is 9.33. The molecule has 0 atom stereocenters. The second-order valence-electron chi connectivity index (χ2n) is 6.08. The van der Waals surface area contributed by atoms with Gasteiger partial charge in [-0.25, -0.2) is 0 Å². The number of carbonyl (C=O) groups is 1. The maximum Gasteiger partial charge on any atom is 0.230 e. The van der Waals surface area contributed by atoms with E-state index in [1.54, 1.807) is 10.9 Å². The number of hydrogen-bond donors (Lipinski definition) is 1. The Bertz CT molecular complexity index is 886. The Hall–Kier alpha value is -2.61. The largest absolute Gasteiger partial charge is 0.351 e. The van der Waals surface area contributed by atoms with Crippen LogP contribution in [0.3, 0.4) is 0 Å². The summed E-state index contributed by atoms with van der Waals surface area (Å²) >= 11 is 1.37. The van der Waals surface area contributed by atoms with E-state index in [0.29, 0.717) is 12.3 Å². The highest BCUT2D eigenvalue weighted by atomic mass is 32.2. The van der Waals surface area contributed by atoms with Gasteiger partial charge in [0.2, 0.25) is 5.91 Å². The number of thioether (sulfide) groups is 1. The topological polar surface area (TPSA) is 77.6 Å². The minimum absolute atomic E-state index is 0.0346. The van der Waals surface area contributed by atoms with Crippen molar-refractivity contribution in [3.8, 4) is 0 Å². The molecule has 136 valence electrons. The summed E-state index contributed by atoms with van der Waals surface area (Å²) in [5.74, 6) is 0.274. The molecule has 0 unspecified atom stereocenters. The van der Waals surface area contributed by atoms with Gasteiger partial charge < -0.3 is 9.88 Å². The fourth-order valence-electron chi connectivity index (χ4n) is 2.67. The van der Waals surface area contributed by atoms with Gasteiger partial charge in [-0.3, -0.25) is 9.48 Å². The van der Waals surface area contributed by atoms with Crippen LogP contribution in [0.2, 0.25) is 0 Å². The summed E-state index contributed by atoms with van der Waals surface area (Å²) in [6.07, 6.45) is 1.62. The third kappa shape index (κ3) is 4.32. The van der Waals surface area contributed by atoms with Crippen LogP contribution in [0.5, 0.6) is 0 Å². The SMILES string of the molecule is Cc1nn(Cc2ccccc2)c(C)c1CNC(=O)CSc1nncn1C. The van der Waals surface area contributed by atoms with E-state index in [1.807, 2.05) is 43.8 Å². The van der Waals surface area contributed by atoms with Crippen molar-refractivity contribution in [2.75, 3.05) is 5.75 Å². The quantitative estimate of drug-likeness (QED) is 0.645. The molecule has 3 rings (SSSR count). The molecule has 0 bridgehead atoms. The average Bonchev–Trinajstić information content (AvgIpc) is 3.15. The number of benzene rings is 1. The molecule has 0 aliphatic rings. The smallest absolute Gasteiger partial charge is 0.230 e. The van der Waals surface area contributed by atoms with Gasteiger partial charge in [0.1, 0.15) is 6.33 Å². The maximum absolute atomic E-state index is 12.1. The average molecular weight is 370 g/mol. The molecule has 1 N–H and O–H groups in total. The summed E-state index contributed by atoms with van der Waals surface area (Å²) in [6.45, 7) is 5.22. The number of nitrogens with one attached hydrogen (secondary N) is 1. The Morgan fingerprint density at radius 2 is 2.00 bits per heavy atom. The van der Waals surface area contributed by atoms with Crippen LogP contribution >= 0.6 is 11.8 Å². The van der Waals surface area contributed by atoms with Gasteiger partial charge in [-0.2, -0.15) is 5.10 Å². The van der Waals surface area contributed by atoms with Crippen molar-refractivity contribution in [2.24, 2.45) is 7.05 Å². The molecule has 0 spiro atoms. The lowest BCUT2D eigenvalue weighted by Gasteiger charge is -2.07. The van der Waals surface area contributed by atoms with Crippen LogP contribution in [0.25, 0.3) is 0 Å². The summed E-state index contributed by atoms with van der Waals surface area (Å²) in [5, 5.41) is 16.1. The van der Waals surface area contributed by atoms with E-state index in [4.69, 9.17) is 0 Å². The zero-order chi connectivity index (χ0) is 18.5. The van der Waals surface area contributed by atoms with Crippen molar-refractivity contribution in [1.82, 2.24) is 29.9 Å². The summed E-state index contributed by atoms with van der Waals surface area (Å²) in [7, 11) is 1.86. The summed E-state index contributed by atoms with van der Waals surface area (Å²) in [6, 6.07) is 10.2. The van der Waals surface area contributed by atoms with E-state index in [1.165, 1.54) is 17.3 Å². The fourth-order valence-corrected chi connectivity index (χ4v) is 3.39. The number of carbonyl (C=O) groups excluding carboxylic acids is 1. The predicted molar refractivity (Wildman–Crippen MR) is 101 cm³/mol. The monoisotopic (exact) mass is 370 g/mol. The van der Waals surface area contributed by atoms with E-state index >= 15 is 0 Å². The number of rotatable bonds is 7. The van der Waals surface area contributed by atoms with E-state index in [0.717, 1.165) is 28.7 Å². The van der Waals surface area contributed by atoms with Gasteiger partial charge in [-0.05, 0) is 19.4 Å². The van der Waals surface area contributed by atoms with Gasteiger partial charge in [0.05, 0.1) is 18.0 Å². The second kappa shape index (κ2) is 8.18. The molecule has 3 aromatic rings. The van der Waals surface area contributed by atoms with Gasteiger partial charge in [0.15, 0.2) is 5.16 Å². The Balaban J connectivity index is 1.57. The van der Waals surface area contributed by atoms with Crippen molar-refractivity contribution in [1.29, 1.82) is 0 Å². The van der Waals surface area contributed by atoms with Crippen LogP contribution < -0.4 is 5.32 Å². The van der Waals surface area contributed by atoms with Crippen LogP contribution in [0, 0.1) is 13.8 Å². The van der Waals surface area contributed by atoms with Crippen molar-refractivity contribution >= 4 is 17.7 Å². The van der Waals surface area contributed by atoms with Crippen LogP contribution in [0.4, 0.5) is 0 Å². The van der Waals surface area contributed by atoms with Crippen LogP contribution in [-0.2, 0) is 24.9 Å². The number of amides is 1. The molecule has 26 heavy (non-hydrogen) atoms. The first kappa shape index (κ1) is 18.2. The highest BCUT2D eigenvalue weighted by Gasteiger charge is 2.13. The Morgan fingerprint density at radius 1 is 1.23 bits per heavy atom. The maximum atomic E-state index is 12.1. The van der Waals surface area contributed by atoms with Gasteiger partial charge in [0, 0.05) is 24.8 Å². The molecule has 2 aromatic heterocycles. The predicted octanol–water partition coefficient (Wildman–Crippen LogP) is 2.09. The number of hydrogen-bond acceptors (Lipinski definition) is 5. The molecule has 0 fully saturated rings. The minimum Gasteiger partial charge on any atom is -0.351 e. The van der Waals surface area contributed by atoms with Gasteiger partial charge in [-0.15, -0.1) is 10.2 Å². The minimum atomic E-state index is -0.0346. The zero-order valence-corrected chi connectivity index (χ0v) is 16.0. The molecule has 0 radical (unpaired) electrons. The fraction of sp³-hybridized carbons (Fsp3) is 0.333. The normalized spacial score (nSPS) is 10.9. The molecular formula is C18H22N6OS. The second-order valence-corrected chi connectivity index (χ2v) is 7.02. The van der Waals surface area contributed by atoms with Crippen molar-refractivity contribution in [3.63, 3.8) is 0 Å². The molecule has 1 aromatic carbocycles. The van der Waals surface area contributed by atoms with Crippen molar-refractivity contribution in [3.05, 3.63) is 59.2 Å². The highest BCUT2D eigenvalue weighted by Crippen LogP contribution is 2.16. The molecule has 0 aliphatic heterocycles. The van der Waals surface area contributed by atoms with Crippen LogP contribution in [-0.4, -0.2) is 36.2 Å². The lowest BCUT2D eigenvalue weighted by molar-refractivity contribution is -0.118. The molecule has 0 aliphatic carbocycles. The Kier molecular flexibility index (Phi) is 5.72. The van der Waals surface area contributed by atoms with Crippen molar-refractivity contribution in [2.45, 2.75) is 32.1 Å². The molecule has 8 heteroatoms. The highest BCUT2D eigenvalue weighted by molar-refractivity contribution is 7.99. The summed E-state index contributed by atoms with van der Waals surface area (Å²) in [4.78, 5) is 12.1. The Labute approximate surface area is 156 Å². The summed E-state index contributed by atoms with van der Waals surface area (Å²) in [5.41, 5.74) is 4.29. The molecule has 0 saturated carbocycles. The first-order valence-electron chi connectivity index (χ1n) is 8.35. The first-order chi connectivity index (χ1) is 12.5. The zero-order valence-electron chi connectivity index (χ0n) is 15.1. The van der Waals surface area contributed by atoms with Gasteiger partial charge >= 0.3 is 0 Å². The molecule has 0 saturated heterocycles. The third-order valence-electron chi connectivity index (χ3n) is 4.17. The lowest BCUT2D eigenvalue weighted by Crippen LogP contribution is -2.25. The standard InChI is InChI=1S/C18H22N6OS/c1-13-16(9-19-17(25)11-26-18-21-20-12-23(18)3)14(2)24(22-13)10-15-7-5-4-6-8-15/h4-8,12H,9-11H2,1-3H3,(H,19,25). The van der Waals surface area contributed by atoms with E-state index in [-0.39, 0.29) is 5.91 Å². The molecular weight excluding hydrogens is 348 g/mol. The van der Waals surface area contributed by atoms with E-state index < -0.39 is 0 Å².